The third kappa shape index (κ3) is 3.54. The van der Waals surface area contributed by atoms with Gasteiger partial charge in [0.1, 0.15) is 0 Å². The van der Waals surface area contributed by atoms with Crippen LogP contribution in [0.15, 0.2) is 54.6 Å². The number of nitrogens with zero attached hydrogens (tertiary/aromatic N) is 2. The highest BCUT2D eigenvalue weighted by molar-refractivity contribution is 5.90. The van der Waals surface area contributed by atoms with Crippen molar-refractivity contribution in [2.24, 2.45) is 17.8 Å². The fourth-order valence-corrected chi connectivity index (χ4v) is 7.83. The Kier molecular flexibility index (Phi) is 5.07. The molecule has 2 heteroatoms. The Bertz CT molecular complexity index is 1260. The Morgan fingerprint density at radius 3 is 2.03 bits per heavy atom. The van der Waals surface area contributed by atoms with Gasteiger partial charge in [-0.15, -0.1) is 0 Å². The minimum atomic E-state index is 0.442. The standard InChI is InChI=1S/C32H34N2/c1-21-4-6-27(7-5-21)29(20-33)16-28-12-22(2)34(23(28)3)31-10-8-30(9-11-31)32-17-24-13-25(18-32)15-26(14-24)19-32/h4-12,16,24-26H,13-15,17-19H2,1-3H3/b29-16-. The first-order chi connectivity index (χ1) is 16.4. The molecule has 2 aromatic carbocycles. The van der Waals surface area contributed by atoms with E-state index in [9.17, 15) is 5.26 Å². The number of aryl methyl sites for hydroxylation is 2. The smallest absolute Gasteiger partial charge is 0.0998 e. The normalized spacial score (nSPS) is 27.7. The molecule has 4 bridgehead atoms. The maximum atomic E-state index is 9.82. The van der Waals surface area contributed by atoms with Gasteiger partial charge in [-0.25, -0.2) is 0 Å². The highest BCUT2D eigenvalue weighted by Gasteiger charge is 2.51. The molecule has 1 aromatic heterocycles. The SMILES string of the molecule is Cc1ccc(/C(C#N)=C\c2cc(C)n(-c3ccc(C45CC6CC(CC(C6)C4)C5)cc3)c2C)cc1. The molecule has 4 fully saturated rings. The van der Waals surface area contributed by atoms with Gasteiger partial charge in [0.25, 0.3) is 0 Å². The molecule has 0 unspecified atom stereocenters. The molecule has 34 heavy (non-hydrogen) atoms. The molecule has 4 saturated carbocycles. The summed E-state index contributed by atoms with van der Waals surface area (Å²) in [6.07, 6.45) is 10.7. The summed E-state index contributed by atoms with van der Waals surface area (Å²) in [5.74, 6) is 2.91. The molecule has 2 nitrogen and oxygen atoms in total. The molecular formula is C32H34N2. The molecule has 0 amide bonds. The molecule has 0 spiro atoms. The minimum absolute atomic E-state index is 0.442. The zero-order valence-corrected chi connectivity index (χ0v) is 20.6. The zero-order valence-electron chi connectivity index (χ0n) is 20.6. The van der Waals surface area contributed by atoms with E-state index in [-0.39, 0.29) is 0 Å². The van der Waals surface area contributed by atoms with Gasteiger partial charge in [-0.1, -0.05) is 42.0 Å². The third-order valence-corrected chi connectivity index (χ3v) is 9.03. The van der Waals surface area contributed by atoms with Crippen LogP contribution >= 0.6 is 0 Å². The molecule has 0 aliphatic heterocycles. The van der Waals surface area contributed by atoms with Gasteiger partial charge in [0, 0.05) is 17.1 Å². The van der Waals surface area contributed by atoms with E-state index in [2.05, 4.69) is 73.9 Å². The topological polar surface area (TPSA) is 28.7 Å². The van der Waals surface area contributed by atoms with Crippen molar-refractivity contribution in [3.8, 4) is 11.8 Å². The summed E-state index contributed by atoms with van der Waals surface area (Å²) in [6.45, 7) is 6.40. The lowest BCUT2D eigenvalue weighted by Gasteiger charge is -2.57. The summed E-state index contributed by atoms with van der Waals surface area (Å²) < 4.78 is 2.33. The summed E-state index contributed by atoms with van der Waals surface area (Å²) in [6, 6.07) is 22.3. The monoisotopic (exact) mass is 446 g/mol. The van der Waals surface area contributed by atoms with Gasteiger partial charge in [0.15, 0.2) is 0 Å². The summed E-state index contributed by atoms with van der Waals surface area (Å²) in [7, 11) is 0. The summed E-state index contributed by atoms with van der Waals surface area (Å²) >= 11 is 0. The summed E-state index contributed by atoms with van der Waals surface area (Å²) in [4.78, 5) is 0. The van der Waals surface area contributed by atoms with Crippen LogP contribution in [-0.2, 0) is 5.41 Å². The van der Waals surface area contributed by atoms with Gasteiger partial charge in [-0.05, 0) is 123 Å². The van der Waals surface area contributed by atoms with Gasteiger partial charge < -0.3 is 4.57 Å². The van der Waals surface area contributed by atoms with Gasteiger partial charge in [-0.3, -0.25) is 0 Å². The van der Waals surface area contributed by atoms with Crippen molar-refractivity contribution in [1.29, 1.82) is 5.26 Å². The van der Waals surface area contributed by atoms with E-state index in [1.807, 2.05) is 18.2 Å². The lowest BCUT2D eigenvalue weighted by molar-refractivity contribution is -0.00518. The van der Waals surface area contributed by atoms with Gasteiger partial charge >= 0.3 is 0 Å². The van der Waals surface area contributed by atoms with E-state index >= 15 is 0 Å². The third-order valence-electron chi connectivity index (χ3n) is 9.03. The van der Waals surface area contributed by atoms with E-state index in [4.69, 9.17) is 0 Å². The number of hydrogen-bond donors (Lipinski definition) is 0. The molecule has 0 N–H and O–H groups in total. The average molecular weight is 447 g/mol. The fraction of sp³-hybridized carbons (Fsp3) is 0.406. The molecule has 1 heterocycles. The van der Waals surface area contributed by atoms with Gasteiger partial charge in [-0.2, -0.15) is 5.26 Å². The molecule has 7 rings (SSSR count). The van der Waals surface area contributed by atoms with Crippen LogP contribution in [0.3, 0.4) is 0 Å². The lowest BCUT2D eigenvalue weighted by Crippen LogP contribution is -2.48. The molecule has 0 atom stereocenters. The van der Waals surface area contributed by atoms with Crippen molar-refractivity contribution >= 4 is 11.6 Å². The predicted molar refractivity (Wildman–Crippen MR) is 140 cm³/mol. The van der Waals surface area contributed by atoms with Crippen LogP contribution in [-0.4, -0.2) is 4.57 Å². The van der Waals surface area contributed by atoms with Crippen LogP contribution in [0.2, 0.25) is 0 Å². The van der Waals surface area contributed by atoms with Crippen LogP contribution < -0.4 is 0 Å². The van der Waals surface area contributed by atoms with Crippen molar-refractivity contribution in [2.75, 3.05) is 0 Å². The summed E-state index contributed by atoms with van der Waals surface area (Å²) in [5.41, 5.74) is 9.61. The van der Waals surface area contributed by atoms with Crippen LogP contribution in [0, 0.1) is 49.9 Å². The van der Waals surface area contributed by atoms with Crippen LogP contribution in [0.1, 0.15) is 72.2 Å². The van der Waals surface area contributed by atoms with Crippen molar-refractivity contribution < 1.29 is 0 Å². The van der Waals surface area contributed by atoms with Gasteiger partial charge in [0.2, 0.25) is 0 Å². The first kappa shape index (κ1) is 21.5. The second kappa shape index (κ2) is 8.02. The predicted octanol–water partition coefficient (Wildman–Crippen LogP) is 7.93. The largest absolute Gasteiger partial charge is 0.318 e. The van der Waals surface area contributed by atoms with E-state index < -0.39 is 0 Å². The second-order valence-electron chi connectivity index (χ2n) is 11.4. The molecule has 4 aliphatic carbocycles. The Morgan fingerprint density at radius 1 is 0.882 bits per heavy atom. The Morgan fingerprint density at radius 2 is 1.47 bits per heavy atom. The minimum Gasteiger partial charge on any atom is -0.318 e. The number of allylic oxidation sites excluding steroid dienone is 1. The molecule has 0 saturated heterocycles. The van der Waals surface area contributed by atoms with Gasteiger partial charge in [0.05, 0.1) is 11.6 Å². The maximum absolute atomic E-state index is 9.82. The maximum Gasteiger partial charge on any atom is 0.0998 e. The molecular weight excluding hydrogens is 412 g/mol. The van der Waals surface area contributed by atoms with Crippen molar-refractivity contribution in [2.45, 2.75) is 64.7 Å². The van der Waals surface area contributed by atoms with E-state index in [0.717, 1.165) is 28.9 Å². The quantitative estimate of drug-likeness (QED) is 0.374. The second-order valence-corrected chi connectivity index (χ2v) is 11.4. The fourth-order valence-electron chi connectivity index (χ4n) is 7.83. The zero-order chi connectivity index (χ0) is 23.4. The summed E-state index contributed by atoms with van der Waals surface area (Å²) in [5, 5.41) is 9.82. The van der Waals surface area contributed by atoms with E-state index in [1.165, 1.54) is 61.2 Å². The molecule has 0 radical (unpaired) electrons. The Hall–Kier alpha value is -3.05. The highest BCUT2D eigenvalue weighted by Crippen LogP contribution is 2.60. The number of hydrogen-bond acceptors (Lipinski definition) is 1. The Balaban J connectivity index is 1.31. The van der Waals surface area contributed by atoms with Crippen molar-refractivity contribution in [3.63, 3.8) is 0 Å². The van der Waals surface area contributed by atoms with Crippen LogP contribution in [0.25, 0.3) is 17.3 Å². The number of aromatic nitrogens is 1. The first-order valence-corrected chi connectivity index (χ1v) is 12.9. The van der Waals surface area contributed by atoms with Crippen molar-refractivity contribution in [3.05, 3.63) is 88.2 Å². The van der Waals surface area contributed by atoms with E-state index in [0.29, 0.717) is 11.0 Å². The average Bonchev–Trinajstić information content (AvgIpc) is 3.10. The van der Waals surface area contributed by atoms with Crippen LogP contribution in [0.5, 0.6) is 0 Å². The molecule has 4 aliphatic rings. The van der Waals surface area contributed by atoms with Crippen molar-refractivity contribution in [1.82, 2.24) is 4.57 Å². The highest BCUT2D eigenvalue weighted by atomic mass is 15.0. The molecule has 172 valence electrons. The van der Waals surface area contributed by atoms with E-state index in [1.54, 1.807) is 5.56 Å². The lowest BCUT2D eigenvalue weighted by atomic mass is 9.48. The molecule has 3 aromatic rings. The van der Waals surface area contributed by atoms with Crippen LogP contribution in [0.4, 0.5) is 0 Å². The first-order valence-electron chi connectivity index (χ1n) is 12.9. The number of nitriles is 1. The number of benzene rings is 2. The Labute approximate surface area is 203 Å². The number of rotatable bonds is 4.